The maximum Gasteiger partial charge on any atom is 0.339 e. The second-order valence-electron chi connectivity index (χ2n) is 10.0. The summed E-state index contributed by atoms with van der Waals surface area (Å²) in [6.07, 6.45) is 10.1. The van der Waals surface area contributed by atoms with E-state index >= 15 is 0 Å². The fourth-order valence-corrected chi connectivity index (χ4v) is 8.13. The van der Waals surface area contributed by atoms with Gasteiger partial charge in [0.2, 0.25) is 0 Å². The van der Waals surface area contributed by atoms with Crippen molar-refractivity contribution in [1.29, 1.82) is 0 Å². The maximum absolute atomic E-state index is 13.2. The van der Waals surface area contributed by atoms with Gasteiger partial charge in [0.15, 0.2) is 19.9 Å². The first kappa shape index (κ1) is 22.4. The fraction of sp³-hybridized carbons (Fsp3) is 0.344. The van der Waals surface area contributed by atoms with Crippen LogP contribution < -0.4 is 0 Å². The van der Waals surface area contributed by atoms with Crippen molar-refractivity contribution in [2.45, 2.75) is 63.4 Å². The molecular formula is C32H31O2S+. The van der Waals surface area contributed by atoms with Crippen molar-refractivity contribution in [1.82, 2.24) is 0 Å². The molecular weight excluding hydrogens is 448 g/mol. The molecule has 0 amide bonds. The van der Waals surface area contributed by atoms with Crippen LogP contribution in [-0.4, -0.2) is 11.6 Å². The number of carbonyl (C=O) groups excluding carboxylic acids is 1. The molecule has 1 heterocycles. The first-order chi connectivity index (χ1) is 17.2. The van der Waals surface area contributed by atoms with Gasteiger partial charge in [-0.1, -0.05) is 55.4 Å². The highest BCUT2D eigenvalue weighted by molar-refractivity contribution is 7.50. The normalized spacial score (nSPS) is 17.8. The molecule has 4 aromatic rings. The predicted molar refractivity (Wildman–Crippen MR) is 146 cm³/mol. The van der Waals surface area contributed by atoms with Crippen LogP contribution in [0.1, 0.15) is 68.1 Å². The molecule has 35 heavy (non-hydrogen) atoms. The molecule has 0 atom stereocenters. The third-order valence-electron chi connectivity index (χ3n) is 7.64. The van der Waals surface area contributed by atoms with Gasteiger partial charge in [0.25, 0.3) is 0 Å². The first-order valence-corrected chi connectivity index (χ1v) is 14.2. The third kappa shape index (κ3) is 4.37. The Balaban J connectivity index is 1.27. The number of ether oxygens (including phenoxy) is 1. The summed E-state index contributed by atoms with van der Waals surface area (Å²) in [7, 11) is -0.155. The molecule has 2 saturated carbocycles. The lowest BCUT2D eigenvalue weighted by atomic mass is 9.89. The minimum atomic E-state index is -0.599. The Morgan fingerprint density at radius 3 is 2.00 bits per heavy atom. The molecule has 0 aliphatic heterocycles. The summed E-state index contributed by atoms with van der Waals surface area (Å²) in [5.74, 6) is 7.18. The van der Waals surface area contributed by atoms with E-state index in [0.29, 0.717) is 11.5 Å². The lowest BCUT2D eigenvalue weighted by Gasteiger charge is -2.24. The minimum Gasteiger partial charge on any atom is -0.442 e. The standard InChI is InChI=1S/C32H31O2S/c33-31(34-32(21-8-9-22-32)23-20-24-10-2-1-3-11-24)25-16-18-26(19-17-25)35-29-14-6-4-12-27(29)28-13-5-7-15-30(28)35/h4-7,12-19,24H,1-3,8-11,21-22H2/q+1. The SMILES string of the molecule is O=C(OC1(C#CC2CCCCC2)CCCC1)c1ccc(-[s+]2c3ccccc3c3ccccc32)cc1. The largest absolute Gasteiger partial charge is 0.442 e. The minimum absolute atomic E-state index is 0.155. The highest BCUT2D eigenvalue weighted by atomic mass is 32.2. The molecule has 2 fully saturated rings. The maximum atomic E-state index is 13.2. The number of hydrogen-bond acceptors (Lipinski definition) is 2. The summed E-state index contributed by atoms with van der Waals surface area (Å²) in [5, 5.41) is 2.63. The Bertz CT molecular complexity index is 1370. The Hall–Kier alpha value is -3.09. The second-order valence-corrected chi connectivity index (χ2v) is 12.0. The quantitative estimate of drug-likeness (QED) is 0.167. The molecule has 0 bridgehead atoms. The average Bonchev–Trinajstić information content (AvgIpc) is 3.51. The number of carbonyl (C=O) groups is 1. The van der Waals surface area contributed by atoms with E-state index in [9.17, 15) is 4.79 Å². The van der Waals surface area contributed by atoms with Gasteiger partial charge in [0, 0.05) is 27.2 Å². The number of esters is 1. The zero-order valence-electron chi connectivity index (χ0n) is 20.1. The van der Waals surface area contributed by atoms with Crippen molar-refractivity contribution in [3.63, 3.8) is 0 Å². The summed E-state index contributed by atoms with van der Waals surface area (Å²) >= 11 is 0. The zero-order chi connectivity index (χ0) is 23.7. The van der Waals surface area contributed by atoms with Crippen LogP contribution >= 0.6 is 10.5 Å². The second kappa shape index (κ2) is 9.51. The van der Waals surface area contributed by atoms with Crippen molar-refractivity contribution in [2.75, 3.05) is 0 Å². The van der Waals surface area contributed by atoms with E-state index in [1.807, 2.05) is 12.1 Å². The number of thiophene rings is 1. The lowest BCUT2D eigenvalue weighted by Crippen LogP contribution is -2.30. The molecule has 0 unspecified atom stereocenters. The average molecular weight is 480 g/mol. The third-order valence-corrected chi connectivity index (χ3v) is 9.97. The Morgan fingerprint density at radius 2 is 1.37 bits per heavy atom. The molecule has 2 nitrogen and oxygen atoms in total. The van der Waals surface area contributed by atoms with Gasteiger partial charge >= 0.3 is 5.97 Å². The molecule has 0 radical (unpaired) electrons. The van der Waals surface area contributed by atoms with Crippen LogP contribution in [0, 0.1) is 17.8 Å². The fourth-order valence-electron chi connectivity index (χ4n) is 5.75. The van der Waals surface area contributed by atoms with Crippen LogP contribution in [0.3, 0.4) is 0 Å². The zero-order valence-corrected chi connectivity index (χ0v) is 20.9. The van der Waals surface area contributed by atoms with E-state index in [2.05, 4.69) is 72.5 Å². The highest BCUT2D eigenvalue weighted by Crippen LogP contribution is 2.48. The van der Waals surface area contributed by atoms with E-state index in [1.165, 1.54) is 57.2 Å². The van der Waals surface area contributed by atoms with Crippen molar-refractivity contribution in [3.05, 3.63) is 78.4 Å². The van der Waals surface area contributed by atoms with E-state index < -0.39 is 5.60 Å². The van der Waals surface area contributed by atoms with Gasteiger partial charge in [-0.3, -0.25) is 0 Å². The molecule has 0 saturated heterocycles. The molecule has 1 aromatic heterocycles. The molecule has 0 spiro atoms. The summed E-state index contributed by atoms with van der Waals surface area (Å²) in [5.41, 5.74) is 0.0158. The summed E-state index contributed by atoms with van der Waals surface area (Å²) < 4.78 is 8.85. The number of fused-ring (bicyclic) bond motifs is 3. The summed E-state index contributed by atoms with van der Waals surface area (Å²) in [6.45, 7) is 0. The highest BCUT2D eigenvalue weighted by Gasteiger charge is 2.36. The van der Waals surface area contributed by atoms with E-state index in [4.69, 9.17) is 4.74 Å². The van der Waals surface area contributed by atoms with Crippen LogP contribution in [0.2, 0.25) is 0 Å². The topological polar surface area (TPSA) is 26.3 Å². The van der Waals surface area contributed by atoms with E-state index in [0.717, 1.165) is 25.7 Å². The van der Waals surface area contributed by atoms with E-state index in [1.54, 1.807) is 0 Å². The van der Waals surface area contributed by atoms with Crippen molar-refractivity contribution >= 4 is 36.6 Å². The molecule has 6 rings (SSSR count). The van der Waals surface area contributed by atoms with Crippen LogP contribution in [0.25, 0.3) is 25.1 Å². The van der Waals surface area contributed by atoms with Crippen LogP contribution in [0.4, 0.5) is 0 Å². The van der Waals surface area contributed by atoms with Crippen LogP contribution in [-0.2, 0) is 4.74 Å². The number of hydrogen-bond donors (Lipinski definition) is 0. The first-order valence-electron chi connectivity index (χ1n) is 13.0. The van der Waals surface area contributed by atoms with Crippen LogP contribution in [0.15, 0.2) is 72.8 Å². The van der Waals surface area contributed by atoms with Crippen molar-refractivity contribution in [2.24, 2.45) is 5.92 Å². The molecule has 3 heteroatoms. The van der Waals surface area contributed by atoms with Gasteiger partial charge in [0.05, 0.1) is 5.56 Å². The molecule has 0 N–H and O–H groups in total. The monoisotopic (exact) mass is 479 g/mol. The van der Waals surface area contributed by atoms with Crippen LogP contribution in [0.5, 0.6) is 0 Å². The van der Waals surface area contributed by atoms with Crippen molar-refractivity contribution < 1.29 is 9.53 Å². The lowest BCUT2D eigenvalue weighted by molar-refractivity contribution is 0.0103. The smallest absolute Gasteiger partial charge is 0.339 e. The number of benzene rings is 3. The van der Waals surface area contributed by atoms with E-state index in [-0.39, 0.29) is 16.4 Å². The van der Waals surface area contributed by atoms with Gasteiger partial charge < -0.3 is 4.74 Å². The molecule has 2 aliphatic carbocycles. The van der Waals surface area contributed by atoms with Gasteiger partial charge in [-0.25, -0.2) is 4.79 Å². The summed E-state index contributed by atoms with van der Waals surface area (Å²) in [4.78, 5) is 14.4. The molecule has 2 aliphatic rings. The Morgan fingerprint density at radius 1 is 0.771 bits per heavy atom. The van der Waals surface area contributed by atoms with Gasteiger partial charge in [-0.05, 0) is 87.1 Å². The van der Waals surface area contributed by atoms with Crippen molar-refractivity contribution in [3.8, 4) is 16.7 Å². The summed E-state index contributed by atoms with van der Waals surface area (Å²) in [6, 6.07) is 25.4. The van der Waals surface area contributed by atoms with Gasteiger partial charge in [0.1, 0.15) is 0 Å². The molecule has 176 valence electrons. The Kier molecular flexibility index (Phi) is 6.08. The van der Waals surface area contributed by atoms with Gasteiger partial charge in [-0.2, -0.15) is 0 Å². The van der Waals surface area contributed by atoms with Gasteiger partial charge in [-0.15, -0.1) is 0 Å². The number of rotatable bonds is 3. The Labute approximate surface area is 210 Å². The molecule has 3 aromatic carbocycles. The predicted octanol–water partition coefficient (Wildman–Crippen LogP) is 8.78.